The highest BCUT2D eigenvalue weighted by atomic mass is 32.1. The lowest BCUT2D eigenvalue weighted by molar-refractivity contribution is 0.737. The molecule has 0 fully saturated rings. The lowest BCUT2D eigenvalue weighted by Crippen LogP contribution is -2.14. The van der Waals surface area contributed by atoms with Crippen LogP contribution in [0.15, 0.2) is 53.3 Å². The molecule has 0 atom stereocenters. The monoisotopic (exact) mass is 270 g/mol. The number of hydrogen-bond donors (Lipinski definition) is 1. The summed E-state index contributed by atoms with van der Waals surface area (Å²) in [6.45, 7) is 0.710. The van der Waals surface area contributed by atoms with Crippen LogP contribution in [0.3, 0.4) is 0 Å². The standard InChI is InChI=1S/C15H14N2OS/c16-12-7-5-11(6-8-12)9-10-17-15(18)13-3-1-2-4-14(13)19-17/h1-8H,9-10,16H2. The van der Waals surface area contributed by atoms with Gasteiger partial charge in [0, 0.05) is 12.2 Å². The molecule has 0 aliphatic rings. The molecule has 0 saturated carbocycles. The van der Waals surface area contributed by atoms with Gasteiger partial charge in [-0.3, -0.25) is 8.75 Å². The Balaban J connectivity index is 1.84. The van der Waals surface area contributed by atoms with Gasteiger partial charge in [-0.25, -0.2) is 0 Å². The molecule has 3 nitrogen and oxygen atoms in total. The minimum atomic E-state index is 0.107. The quantitative estimate of drug-likeness (QED) is 0.744. The number of nitrogens with two attached hydrogens (primary N) is 1. The van der Waals surface area contributed by atoms with Crippen molar-refractivity contribution in [3.05, 3.63) is 64.4 Å². The zero-order valence-corrected chi connectivity index (χ0v) is 11.2. The summed E-state index contributed by atoms with van der Waals surface area (Å²) in [5.41, 5.74) is 7.72. The first-order chi connectivity index (χ1) is 9.24. The minimum Gasteiger partial charge on any atom is -0.399 e. The van der Waals surface area contributed by atoms with Crippen molar-refractivity contribution in [2.45, 2.75) is 13.0 Å². The molecule has 0 spiro atoms. The Kier molecular flexibility index (Phi) is 3.09. The van der Waals surface area contributed by atoms with Crippen molar-refractivity contribution < 1.29 is 0 Å². The summed E-state index contributed by atoms with van der Waals surface area (Å²) in [4.78, 5) is 12.2. The molecule has 1 heterocycles. The van der Waals surface area contributed by atoms with Crippen molar-refractivity contribution in [2.24, 2.45) is 0 Å². The van der Waals surface area contributed by atoms with Crippen LogP contribution in [0.1, 0.15) is 5.56 Å². The van der Waals surface area contributed by atoms with Gasteiger partial charge in [-0.05, 0) is 36.2 Å². The molecule has 3 aromatic rings. The zero-order chi connectivity index (χ0) is 13.2. The van der Waals surface area contributed by atoms with E-state index in [2.05, 4.69) is 0 Å². The van der Waals surface area contributed by atoms with Crippen LogP contribution in [-0.4, -0.2) is 3.96 Å². The normalized spacial score (nSPS) is 10.9. The van der Waals surface area contributed by atoms with Crippen molar-refractivity contribution in [3.63, 3.8) is 0 Å². The van der Waals surface area contributed by atoms with Crippen molar-refractivity contribution in [2.75, 3.05) is 5.73 Å². The maximum absolute atomic E-state index is 12.2. The molecule has 0 amide bonds. The molecule has 2 N–H and O–H groups in total. The highest BCUT2D eigenvalue weighted by molar-refractivity contribution is 7.13. The topological polar surface area (TPSA) is 48.0 Å². The zero-order valence-electron chi connectivity index (χ0n) is 10.4. The number of benzene rings is 2. The summed E-state index contributed by atoms with van der Waals surface area (Å²) in [6.07, 6.45) is 0.840. The van der Waals surface area contributed by atoms with Gasteiger partial charge in [-0.2, -0.15) is 0 Å². The van der Waals surface area contributed by atoms with Crippen LogP contribution in [-0.2, 0) is 13.0 Å². The van der Waals surface area contributed by atoms with Crippen LogP contribution in [0.25, 0.3) is 10.1 Å². The Morgan fingerprint density at radius 2 is 1.79 bits per heavy atom. The van der Waals surface area contributed by atoms with E-state index in [0.717, 1.165) is 22.2 Å². The van der Waals surface area contributed by atoms with Crippen LogP contribution in [0, 0.1) is 0 Å². The number of nitrogen functional groups attached to an aromatic ring is 1. The minimum absolute atomic E-state index is 0.107. The Labute approximate surface area is 115 Å². The third-order valence-corrected chi connectivity index (χ3v) is 4.26. The third kappa shape index (κ3) is 2.39. The summed E-state index contributed by atoms with van der Waals surface area (Å²) in [7, 11) is 0. The van der Waals surface area contributed by atoms with Gasteiger partial charge in [0.1, 0.15) is 0 Å². The van der Waals surface area contributed by atoms with Crippen molar-refractivity contribution in [1.82, 2.24) is 3.96 Å². The third-order valence-electron chi connectivity index (χ3n) is 3.14. The largest absolute Gasteiger partial charge is 0.399 e. The van der Waals surface area contributed by atoms with Crippen LogP contribution in [0.5, 0.6) is 0 Å². The molecular formula is C15H14N2OS. The number of fused-ring (bicyclic) bond motifs is 1. The van der Waals surface area contributed by atoms with Gasteiger partial charge in [-0.1, -0.05) is 35.8 Å². The van der Waals surface area contributed by atoms with E-state index in [1.54, 1.807) is 0 Å². The average Bonchev–Trinajstić information content (AvgIpc) is 2.76. The van der Waals surface area contributed by atoms with Gasteiger partial charge < -0.3 is 5.73 Å². The number of rotatable bonds is 3. The van der Waals surface area contributed by atoms with E-state index in [-0.39, 0.29) is 5.56 Å². The lowest BCUT2D eigenvalue weighted by Gasteiger charge is -2.02. The molecule has 4 heteroatoms. The first-order valence-electron chi connectivity index (χ1n) is 6.17. The fourth-order valence-corrected chi connectivity index (χ4v) is 3.07. The van der Waals surface area contributed by atoms with Gasteiger partial charge >= 0.3 is 0 Å². The number of aryl methyl sites for hydroxylation is 2. The molecule has 1 aromatic heterocycles. The number of aromatic nitrogens is 1. The van der Waals surface area contributed by atoms with E-state index in [4.69, 9.17) is 5.73 Å². The summed E-state index contributed by atoms with van der Waals surface area (Å²) in [5, 5.41) is 0.810. The predicted octanol–water partition coefficient (Wildman–Crippen LogP) is 2.89. The van der Waals surface area contributed by atoms with E-state index in [0.29, 0.717) is 6.54 Å². The van der Waals surface area contributed by atoms with Crippen molar-refractivity contribution >= 4 is 27.3 Å². The highest BCUT2D eigenvalue weighted by Gasteiger charge is 2.06. The fourth-order valence-electron chi connectivity index (χ4n) is 2.08. The molecule has 2 aromatic carbocycles. The maximum Gasteiger partial charge on any atom is 0.268 e. The Hall–Kier alpha value is -2.07. The summed E-state index contributed by atoms with van der Waals surface area (Å²) < 4.78 is 2.87. The molecule has 0 aliphatic carbocycles. The van der Waals surface area contributed by atoms with E-state index >= 15 is 0 Å². The molecule has 0 radical (unpaired) electrons. The molecule has 19 heavy (non-hydrogen) atoms. The molecule has 0 unspecified atom stereocenters. The average molecular weight is 270 g/mol. The maximum atomic E-state index is 12.2. The Morgan fingerprint density at radius 1 is 1.05 bits per heavy atom. The SMILES string of the molecule is Nc1ccc(CCn2sc3ccccc3c2=O)cc1. The second kappa shape index (κ2) is 4.90. The van der Waals surface area contributed by atoms with Crippen LogP contribution in [0.2, 0.25) is 0 Å². The van der Waals surface area contributed by atoms with Crippen LogP contribution >= 0.6 is 11.5 Å². The summed E-state index contributed by atoms with van der Waals surface area (Å²) in [6, 6.07) is 15.5. The number of nitrogens with zero attached hydrogens (tertiary/aromatic N) is 1. The first-order valence-corrected chi connectivity index (χ1v) is 6.94. The first kappa shape index (κ1) is 12.0. The smallest absolute Gasteiger partial charge is 0.268 e. The molecule has 0 saturated heterocycles. The second-order valence-corrected chi connectivity index (χ2v) is 5.55. The molecule has 3 rings (SSSR count). The van der Waals surface area contributed by atoms with E-state index in [1.165, 1.54) is 17.1 Å². The van der Waals surface area contributed by atoms with Gasteiger partial charge in [0.2, 0.25) is 0 Å². The fraction of sp³-hybridized carbons (Fsp3) is 0.133. The highest BCUT2D eigenvalue weighted by Crippen LogP contribution is 2.16. The summed E-state index contributed by atoms with van der Waals surface area (Å²) >= 11 is 1.53. The Bertz CT molecular complexity index is 756. The predicted molar refractivity (Wildman–Crippen MR) is 80.6 cm³/mol. The lowest BCUT2D eigenvalue weighted by atomic mass is 10.1. The van der Waals surface area contributed by atoms with Crippen LogP contribution < -0.4 is 11.3 Å². The second-order valence-electron chi connectivity index (χ2n) is 4.49. The molecule has 0 bridgehead atoms. The Morgan fingerprint density at radius 3 is 2.53 bits per heavy atom. The van der Waals surface area contributed by atoms with Gasteiger partial charge in [0.25, 0.3) is 5.56 Å². The van der Waals surface area contributed by atoms with Crippen molar-refractivity contribution in [3.8, 4) is 0 Å². The molecular weight excluding hydrogens is 256 g/mol. The van der Waals surface area contributed by atoms with Crippen molar-refractivity contribution in [1.29, 1.82) is 0 Å². The van der Waals surface area contributed by atoms with Gasteiger partial charge in [0.15, 0.2) is 0 Å². The van der Waals surface area contributed by atoms with Crippen LogP contribution in [0.4, 0.5) is 5.69 Å². The van der Waals surface area contributed by atoms with Gasteiger partial charge in [0.05, 0.1) is 10.1 Å². The molecule has 96 valence electrons. The van der Waals surface area contributed by atoms with E-state index in [1.807, 2.05) is 52.5 Å². The number of hydrogen-bond acceptors (Lipinski definition) is 3. The van der Waals surface area contributed by atoms with Gasteiger partial charge in [-0.15, -0.1) is 0 Å². The molecule has 0 aliphatic heterocycles. The van der Waals surface area contributed by atoms with E-state index < -0.39 is 0 Å². The summed E-state index contributed by atoms with van der Waals surface area (Å²) in [5.74, 6) is 0. The number of anilines is 1. The van der Waals surface area contributed by atoms with E-state index in [9.17, 15) is 4.79 Å².